The van der Waals surface area contributed by atoms with Crippen LogP contribution in [0.15, 0.2) is 30.3 Å². The second-order valence-corrected chi connectivity index (χ2v) is 5.52. The Kier molecular flexibility index (Phi) is 2.39. The highest BCUT2D eigenvalue weighted by Gasteiger charge is 2.68. The second kappa shape index (κ2) is 3.97. The van der Waals surface area contributed by atoms with Crippen LogP contribution in [0.1, 0.15) is 12.8 Å². The van der Waals surface area contributed by atoms with Crippen molar-refractivity contribution in [3.63, 3.8) is 0 Å². The van der Waals surface area contributed by atoms with E-state index in [0.717, 1.165) is 37.9 Å². The predicted octanol–water partition coefficient (Wildman–Crippen LogP) is 2.46. The van der Waals surface area contributed by atoms with Crippen LogP contribution in [0, 0.1) is 17.8 Å². The summed E-state index contributed by atoms with van der Waals surface area (Å²) in [5, 5.41) is 0. The molecule has 0 radical (unpaired) electrons. The summed E-state index contributed by atoms with van der Waals surface area (Å²) >= 11 is 0. The van der Waals surface area contributed by atoms with Gasteiger partial charge in [0, 0.05) is 18.3 Å². The third-order valence-corrected chi connectivity index (χ3v) is 4.63. The summed E-state index contributed by atoms with van der Waals surface area (Å²) in [6.45, 7) is 2.32. The molecule has 3 nitrogen and oxygen atoms in total. The van der Waals surface area contributed by atoms with Gasteiger partial charge in [0.1, 0.15) is 5.75 Å². The first-order valence-corrected chi connectivity index (χ1v) is 6.85. The van der Waals surface area contributed by atoms with Gasteiger partial charge in [-0.1, -0.05) is 18.2 Å². The molecule has 0 unspecified atom stereocenters. The molecule has 0 N–H and O–H groups in total. The molecule has 2 aliphatic carbocycles. The standard InChI is InChI=1S/C15H18O3/c1-2-4-11(5-3-1)16-10-13-12-6-7-15(14(12)13)17-8-9-18-15/h1-5,12-14H,6-10H2/t12-,13-,14-/m0/s1. The van der Waals surface area contributed by atoms with Crippen LogP contribution in [-0.4, -0.2) is 25.6 Å². The van der Waals surface area contributed by atoms with Crippen molar-refractivity contribution in [3.8, 4) is 5.75 Å². The van der Waals surface area contributed by atoms with E-state index in [1.807, 2.05) is 30.3 Å². The molecular weight excluding hydrogens is 228 g/mol. The average Bonchev–Trinajstić information content (AvgIpc) is 2.77. The Bertz CT molecular complexity index is 419. The molecule has 96 valence electrons. The molecule has 1 aromatic rings. The van der Waals surface area contributed by atoms with Gasteiger partial charge in [-0.15, -0.1) is 0 Å². The Labute approximate surface area is 107 Å². The van der Waals surface area contributed by atoms with E-state index in [0.29, 0.717) is 11.8 Å². The van der Waals surface area contributed by atoms with Crippen molar-refractivity contribution in [2.75, 3.05) is 19.8 Å². The first-order chi connectivity index (χ1) is 8.89. The van der Waals surface area contributed by atoms with Gasteiger partial charge in [-0.2, -0.15) is 0 Å². The van der Waals surface area contributed by atoms with Gasteiger partial charge in [-0.3, -0.25) is 0 Å². The predicted molar refractivity (Wildman–Crippen MR) is 66.3 cm³/mol. The molecule has 0 bridgehead atoms. The molecule has 0 aromatic heterocycles. The van der Waals surface area contributed by atoms with Gasteiger partial charge in [-0.25, -0.2) is 0 Å². The zero-order chi connectivity index (χ0) is 12.0. The van der Waals surface area contributed by atoms with Crippen LogP contribution in [0.3, 0.4) is 0 Å². The summed E-state index contributed by atoms with van der Waals surface area (Å²) in [5.74, 6) is 2.67. The lowest BCUT2D eigenvalue weighted by Crippen LogP contribution is -2.32. The quantitative estimate of drug-likeness (QED) is 0.820. The lowest BCUT2D eigenvalue weighted by Gasteiger charge is -2.25. The van der Waals surface area contributed by atoms with E-state index in [9.17, 15) is 0 Å². The fraction of sp³-hybridized carbons (Fsp3) is 0.600. The largest absolute Gasteiger partial charge is 0.493 e. The molecular formula is C15H18O3. The summed E-state index contributed by atoms with van der Waals surface area (Å²) < 4.78 is 17.6. The van der Waals surface area contributed by atoms with Gasteiger partial charge in [0.05, 0.1) is 19.8 Å². The van der Waals surface area contributed by atoms with E-state index in [4.69, 9.17) is 14.2 Å². The van der Waals surface area contributed by atoms with E-state index in [1.165, 1.54) is 6.42 Å². The maximum absolute atomic E-state index is 5.86. The van der Waals surface area contributed by atoms with Crippen molar-refractivity contribution >= 4 is 0 Å². The van der Waals surface area contributed by atoms with Crippen LogP contribution >= 0.6 is 0 Å². The Morgan fingerprint density at radius 3 is 2.72 bits per heavy atom. The van der Waals surface area contributed by atoms with Crippen molar-refractivity contribution in [3.05, 3.63) is 30.3 Å². The lowest BCUT2D eigenvalue weighted by molar-refractivity contribution is -0.171. The van der Waals surface area contributed by atoms with E-state index >= 15 is 0 Å². The minimum atomic E-state index is -0.241. The van der Waals surface area contributed by atoms with Gasteiger partial charge in [0.2, 0.25) is 0 Å². The summed E-state index contributed by atoms with van der Waals surface area (Å²) in [6.07, 6.45) is 2.30. The number of ether oxygens (including phenoxy) is 3. The van der Waals surface area contributed by atoms with Gasteiger partial charge >= 0.3 is 0 Å². The normalized spacial score (nSPS) is 35.7. The van der Waals surface area contributed by atoms with Crippen LogP contribution in [0.4, 0.5) is 0 Å². The summed E-state index contributed by atoms with van der Waals surface area (Å²) in [6, 6.07) is 10.0. The molecule has 3 fully saturated rings. The van der Waals surface area contributed by atoms with Crippen molar-refractivity contribution in [2.24, 2.45) is 17.8 Å². The highest BCUT2D eigenvalue weighted by molar-refractivity contribution is 5.21. The topological polar surface area (TPSA) is 27.7 Å². The molecule has 18 heavy (non-hydrogen) atoms. The number of rotatable bonds is 3. The number of para-hydroxylation sites is 1. The van der Waals surface area contributed by atoms with E-state index in [2.05, 4.69) is 0 Å². The van der Waals surface area contributed by atoms with Crippen molar-refractivity contribution in [1.29, 1.82) is 0 Å². The molecule has 3 atom stereocenters. The molecule has 1 aliphatic heterocycles. The number of hydrogen-bond acceptors (Lipinski definition) is 3. The van der Waals surface area contributed by atoms with Crippen LogP contribution in [0.25, 0.3) is 0 Å². The highest BCUT2D eigenvalue weighted by Crippen LogP contribution is 2.64. The molecule has 1 heterocycles. The third kappa shape index (κ3) is 1.57. The van der Waals surface area contributed by atoms with Crippen LogP contribution < -0.4 is 4.74 Å². The molecule has 4 rings (SSSR count). The Morgan fingerprint density at radius 1 is 1.17 bits per heavy atom. The first-order valence-electron chi connectivity index (χ1n) is 6.85. The van der Waals surface area contributed by atoms with Gasteiger partial charge in [0.15, 0.2) is 5.79 Å². The second-order valence-electron chi connectivity index (χ2n) is 5.52. The Balaban J connectivity index is 1.38. The monoisotopic (exact) mass is 246 g/mol. The Morgan fingerprint density at radius 2 is 1.94 bits per heavy atom. The van der Waals surface area contributed by atoms with Gasteiger partial charge in [0.25, 0.3) is 0 Å². The molecule has 1 saturated heterocycles. The number of benzene rings is 1. The molecule has 0 amide bonds. The highest BCUT2D eigenvalue weighted by atomic mass is 16.7. The van der Waals surface area contributed by atoms with Crippen molar-refractivity contribution < 1.29 is 14.2 Å². The van der Waals surface area contributed by atoms with E-state index < -0.39 is 0 Å². The average molecular weight is 246 g/mol. The van der Waals surface area contributed by atoms with Crippen molar-refractivity contribution in [2.45, 2.75) is 18.6 Å². The molecule has 1 spiro atoms. The lowest BCUT2D eigenvalue weighted by atomic mass is 10.1. The number of fused-ring (bicyclic) bond motifs is 2. The minimum absolute atomic E-state index is 0.241. The maximum Gasteiger partial charge on any atom is 0.171 e. The molecule has 2 saturated carbocycles. The maximum atomic E-state index is 5.86. The van der Waals surface area contributed by atoms with Gasteiger partial charge in [-0.05, 0) is 24.5 Å². The van der Waals surface area contributed by atoms with E-state index in [-0.39, 0.29) is 5.79 Å². The summed E-state index contributed by atoms with van der Waals surface area (Å²) in [4.78, 5) is 0. The fourth-order valence-corrected chi connectivity index (χ4v) is 3.77. The molecule has 3 heteroatoms. The molecule has 3 aliphatic rings. The van der Waals surface area contributed by atoms with Crippen molar-refractivity contribution in [1.82, 2.24) is 0 Å². The zero-order valence-electron chi connectivity index (χ0n) is 10.4. The minimum Gasteiger partial charge on any atom is -0.493 e. The van der Waals surface area contributed by atoms with Crippen LogP contribution in [-0.2, 0) is 9.47 Å². The first kappa shape index (κ1) is 10.8. The fourth-order valence-electron chi connectivity index (χ4n) is 3.77. The summed E-state index contributed by atoms with van der Waals surface area (Å²) in [7, 11) is 0. The van der Waals surface area contributed by atoms with Crippen LogP contribution in [0.2, 0.25) is 0 Å². The van der Waals surface area contributed by atoms with E-state index in [1.54, 1.807) is 0 Å². The Hall–Kier alpha value is -1.06. The molecule has 1 aromatic carbocycles. The summed E-state index contributed by atoms with van der Waals surface area (Å²) in [5.41, 5.74) is 0. The zero-order valence-corrected chi connectivity index (χ0v) is 10.4. The van der Waals surface area contributed by atoms with Crippen LogP contribution in [0.5, 0.6) is 5.75 Å². The smallest absolute Gasteiger partial charge is 0.171 e. The third-order valence-electron chi connectivity index (χ3n) is 4.63. The van der Waals surface area contributed by atoms with Gasteiger partial charge < -0.3 is 14.2 Å². The number of hydrogen-bond donors (Lipinski definition) is 0. The SMILES string of the molecule is c1ccc(OC[C@H]2[C@@H]3CCC4(OCCO4)[C@@H]32)cc1.